The molecule has 18 heavy (non-hydrogen) atoms. The molecule has 0 amide bonds. The van der Waals surface area contributed by atoms with E-state index in [4.69, 9.17) is 5.73 Å². The Balaban J connectivity index is 2.39. The monoisotopic (exact) mass is 251 g/mol. The van der Waals surface area contributed by atoms with Crippen molar-refractivity contribution in [2.75, 3.05) is 13.1 Å². The summed E-state index contributed by atoms with van der Waals surface area (Å²) in [4.78, 5) is 4.26. The van der Waals surface area contributed by atoms with E-state index in [9.17, 15) is 0 Å². The van der Waals surface area contributed by atoms with Gasteiger partial charge in [0.25, 0.3) is 0 Å². The smallest absolute Gasteiger partial charge is 0.188 e. The fraction of sp³-hybridized carbons (Fsp3) is 0.692. The minimum absolute atomic E-state index is 0.544. The number of hydrogen-bond donors (Lipinski definition) is 2. The molecule has 0 fully saturated rings. The first-order valence-corrected chi connectivity index (χ1v) is 6.59. The maximum atomic E-state index is 5.78. The van der Waals surface area contributed by atoms with E-state index in [2.05, 4.69) is 29.3 Å². The molecule has 0 aliphatic heterocycles. The zero-order valence-corrected chi connectivity index (χ0v) is 12.0. The van der Waals surface area contributed by atoms with Crippen LogP contribution < -0.4 is 11.1 Å². The Morgan fingerprint density at radius 3 is 2.72 bits per heavy atom. The molecule has 0 unspecified atom stereocenters. The van der Waals surface area contributed by atoms with Gasteiger partial charge in [-0.2, -0.15) is 5.10 Å². The zero-order chi connectivity index (χ0) is 13.5. The molecule has 0 bridgehead atoms. The summed E-state index contributed by atoms with van der Waals surface area (Å²) in [5, 5.41) is 7.54. The van der Waals surface area contributed by atoms with Crippen LogP contribution in [0.15, 0.2) is 4.99 Å². The van der Waals surface area contributed by atoms with Gasteiger partial charge >= 0.3 is 0 Å². The number of rotatable bonds is 6. The van der Waals surface area contributed by atoms with E-state index < -0.39 is 0 Å². The van der Waals surface area contributed by atoms with Gasteiger partial charge in [0.05, 0.1) is 5.69 Å². The lowest BCUT2D eigenvalue weighted by Gasteiger charge is -2.06. The number of nitrogens with two attached hydrogens (primary N) is 1. The second-order valence-electron chi connectivity index (χ2n) is 4.57. The van der Waals surface area contributed by atoms with Crippen molar-refractivity contribution in [3.8, 4) is 0 Å². The van der Waals surface area contributed by atoms with Gasteiger partial charge in [-0.05, 0) is 32.3 Å². The summed E-state index contributed by atoms with van der Waals surface area (Å²) in [6, 6.07) is 0. The number of hydrogen-bond acceptors (Lipinski definition) is 2. The molecule has 0 saturated carbocycles. The lowest BCUT2D eigenvalue weighted by molar-refractivity contribution is 0.729. The Labute approximate surface area is 109 Å². The lowest BCUT2D eigenvalue weighted by atomic mass is 10.1. The van der Waals surface area contributed by atoms with Crippen LogP contribution in [0.3, 0.4) is 0 Å². The summed E-state index contributed by atoms with van der Waals surface area (Å²) in [5.41, 5.74) is 9.39. The van der Waals surface area contributed by atoms with Crippen LogP contribution in [0.4, 0.5) is 0 Å². The summed E-state index contributed by atoms with van der Waals surface area (Å²) in [5.74, 6) is 0.544. The average molecular weight is 251 g/mol. The SMILES string of the molecule is CCCCN=C(N)NCCc1c(C)nn(C)c1C. The van der Waals surface area contributed by atoms with Crippen molar-refractivity contribution in [2.45, 2.75) is 40.0 Å². The molecular weight excluding hydrogens is 226 g/mol. The second-order valence-corrected chi connectivity index (χ2v) is 4.57. The highest BCUT2D eigenvalue weighted by Gasteiger charge is 2.08. The highest BCUT2D eigenvalue weighted by Crippen LogP contribution is 2.11. The number of guanidine groups is 1. The molecule has 0 aliphatic rings. The van der Waals surface area contributed by atoms with Crippen molar-refractivity contribution in [1.82, 2.24) is 15.1 Å². The van der Waals surface area contributed by atoms with E-state index in [1.54, 1.807) is 0 Å². The molecule has 0 spiro atoms. The third kappa shape index (κ3) is 4.05. The Morgan fingerprint density at radius 1 is 1.44 bits per heavy atom. The van der Waals surface area contributed by atoms with Crippen LogP contribution in [-0.4, -0.2) is 28.8 Å². The maximum absolute atomic E-state index is 5.78. The Hall–Kier alpha value is -1.52. The topological polar surface area (TPSA) is 68.2 Å². The Kier molecular flexibility index (Phi) is 5.68. The average Bonchev–Trinajstić information content (AvgIpc) is 2.56. The highest BCUT2D eigenvalue weighted by molar-refractivity contribution is 5.77. The molecule has 5 heteroatoms. The molecule has 1 heterocycles. The Morgan fingerprint density at radius 2 is 2.17 bits per heavy atom. The molecule has 1 rings (SSSR count). The van der Waals surface area contributed by atoms with Crippen molar-refractivity contribution in [3.63, 3.8) is 0 Å². The number of nitrogens with zero attached hydrogens (tertiary/aromatic N) is 3. The quantitative estimate of drug-likeness (QED) is 0.455. The normalized spacial score (nSPS) is 11.9. The van der Waals surface area contributed by atoms with Gasteiger partial charge in [0.2, 0.25) is 0 Å². The van der Waals surface area contributed by atoms with Gasteiger partial charge in [0, 0.05) is 25.8 Å². The van der Waals surface area contributed by atoms with E-state index in [-0.39, 0.29) is 0 Å². The molecule has 102 valence electrons. The molecule has 1 aromatic rings. The van der Waals surface area contributed by atoms with E-state index in [1.165, 1.54) is 11.3 Å². The van der Waals surface area contributed by atoms with Crippen molar-refractivity contribution in [1.29, 1.82) is 0 Å². The van der Waals surface area contributed by atoms with Gasteiger partial charge in [-0.1, -0.05) is 13.3 Å². The lowest BCUT2D eigenvalue weighted by Crippen LogP contribution is -2.33. The van der Waals surface area contributed by atoms with Gasteiger partial charge in [-0.25, -0.2) is 0 Å². The molecular formula is C13H25N5. The van der Waals surface area contributed by atoms with Crippen LogP contribution >= 0.6 is 0 Å². The first-order valence-electron chi connectivity index (χ1n) is 6.59. The van der Waals surface area contributed by atoms with Crippen molar-refractivity contribution >= 4 is 5.96 Å². The predicted octanol–water partition coefficient (Wildman–Crippen LogP) is 1.28. The van der Waals surface area contributed by atoms with Crippen molar-refractivity contribution in [2.24, 2.45) is 17.8 Å². The number of aryl methyl sites for hydroxylation is 2. The van der Waals surface area contributed by atoms with Crippen LogP contribution in [-0.2, 0) is 13.5 Å². The molecule has 3 N–H and O–H groups in total. The Bertz CT molecular complexity index is 406. The summed E-state index contributed by atoms with van der Waals surface area (Å²) in [7, 11) is 1.97. The molecule has 0 aromatic carbocycles. The summed E-state index contributed by atoms with van der Waals surface area (Å²) in [6.07, 6.45) is 3.16. The maximum Gasteiger partial charge on any atom is 0.188 e. The highest BCUT2D eigenvalue weighted by atomic mass is 15.3. The molecule has 5 nitrogen and oxygen atoms in total. The van der Waals surface area contributed by atoms with Gasteiger partial charge in [0.15, 0.2) is 5.96 Å². The van der Waals surface area contributed by atoms with Crippen LogP contribution in [0, 0.1) is 13.8 Å². The van der Waals surface area contributed by atoms with Gasteiger partial charge in [0.1, 0.15) is 0 Å². The number of unbranched alkanes of at least 4 members (excludes halogenated alkanes) is 1. The summed E-state index contributed by atoms with van der Waals surface area (Å²) < 4.78 is 1.92. The van der Waals surface area contributed by atoms with E-state index in [0.717, 1.165) is 38.0 Å². The van der Waals surface area contributed by atoms with E-state index in [0.29, 0.717) is 5.96 Å². The summed E-state index contributed by atoms with van der Waals surface area (Å²) in [6.45, 7) is 7.89. The van der Waals surface area contributed by atoms with Crippen LogP contribution in [0.25, 0.3) is 0 Å². The fourth-order valence-electron chi connectivity index (χ4n) is 1.91. The number of nitrogens with one attached hydrogen (secondary N) is 1. The van der Waals surface area contributed by atoms with E-state index >= 15 is 0 Å². The number of aliphatic imine (C=N–C) groups is 1. The first-order chi connectivity index (χ1) is 8.56. The number of aromatic nitrogens is 2. The first kappa shape index (κ1) is 14.5. The van der Waals surface area contributed by atoms with Crippen molar-refractivity contribution < 1.29 is 0 Å². The van der Waals surface area contributed by atoms with Gasteiger partial charge in [-0.15, -0.1) is 0 Å². The zero-order valence-electron chi connectivity index (χ0n) is 12.0. The minimum Gasteiger partial charge on any atom is -0.370 e. The predicted molar refractivity (Wildman–Crippen MR) is 75.8 cm³/mol. The standard InChI is InChI=1S/C13H25N5/c1-5-6-8-15-13(14)16-9-7-12-10(2)17-18(4)11(12)3/h5-9H2,1-4H3,(H3,14,15,16). The minimum atomic E-state index is 0.544. The second kappa shape index (κ2) is 7.03. The molecule has 0 atom stereocenters. The van der Waals surface area contributed by atoms with Crippen LogP contribution in [0.5, 0.6) is 0 Å². The van der Waals surface area contributed by atoms with E-state index in [1.807, 2.05) is 18.7 Å². The third-order valence-electron chi connectivity index (χ3n) is 3.13. The van der Waals surface area contributed by atoms with Crippen LogP contribution in [0.2, 0.25) is 0 Å². The molecule has 1 aromatic heterocycles. The van der Waals surface area contributed by atoms with Crippen LogP contribution in [0.1, 0.15) is 36.7 Å². The molecule has 0 aliphatic carbocycles. The van der Waals surface area contributed by atoms with Gasteiger partial charge < -0.3 is 11.1 Å². The van der Waals surface area contributed by atoms with Gasteiger partial charge in [-0.3, -0.25) is 9.67 Å². The molecule has 0 radical (unpaired) electrons. The van der Waals surface area contributed by atoms with Crippen molar-refractivity contribution in [3.05, 3.63) is 17.0 Å². The molecule has 0 saturated heterocycles. The fourth-order valence-corrected chi connectivity index (χ4v) is 1.91. The largest absolute Gasteiger partial charge is 0.370 e. The summed E-state index contributed by atoms with van der Waals surface area (Å²) >= 11 is 0. The third-order valence-corrected chi connectivity index (χ3v) is 3.13.